The number of phenols is 1. The third-order valence-corrected chi connectivity index (χ3v) is 3.32. The molecule has 2 N–H and O–H groups in total. The summed E-state index contributed by atoms with van der Waals surface area (Å²) >= 11 is 0. The molecule has 1 aliphatic heterocycles. The zero-order chi connectivity index (χ0) is 13.8. The molecule has 2 aromatic carbocycles. The highest BCUT2D eigenvalue weighted by Gasteiger charge is 2.16. The lowest BCUT2D eigenvalue weighted by Crippen LogP contribution is -2.16. The predicted octanol–water partition coefficient (Wildman–Crippen LogP) is 2.45. The highest BCUT2D eigenvalue weighted by molar-refractivity contribution is 5.51. The standard InChI is InChI=1S/C16H17NO3/c18-14-9-16-15(19-11-20-16)8-13(14)10-17-7-6-12-4-2-1-3-5-12/h1-5,8-9,17-18H,6-7,10-11H2. The SMILES string of the molecule is Oc1cc2c(cc1CNCCc1ccccc1)OCO2. The topological polar surface area (TPSA) is 50.7 Å². The van der Waals surface area contributed by atoms with Gasteiger partial charge in [-0.25, -0.2) is 0 Å². The molecule has 1 aliphatic rings. The molecule has 0 saturated heterocycles. The molecule has 0 aliphatic carbocycles. The minimum atomic E-state index is 0.222. The van der Waals surface area contributed by atoms with Gasteiger partial charge in [0.25, 0.3) is 0 Å². The van der Waals surface area contributed by atoms with Gasteiger partial charge in [0.2, 0.25) is 6.79 Å². The summed E-state index contributed by atoms with van der Waals surface area (Å²) in [5, 5.41) is 13.2. The van der Waals surface area contributed by atoms with Gasteiger partial charge in [0.05, 0.1) is 0 Å². The van der Waals surface area contributed by atoms with Gasteiger partial charge in [-0.2, -0.15) is 0 Å². The first kappa shape index (κ1) is 12.8. The highest BCUT2D eigenvalue weighted by atomic mass is 16.7. The van der Waals surface area contributed by atoms with Crippen LogP contribution in [0.15, 0.2) is 42.5 Å². The molecule has 0 amide bonds. The summed E-state index contributed by atoms with van der Waals surface area (Å²) in [5.41, 5.74) is 2.12. The van der Waals surface area contributed by atoms with Crippen LogP contribution >= 0.6 is 0 Å². The highest BCUT2D eigenvalue weighted by Crippen LogP contribution is 2.37. The molecule has 0 unspecified atom stereocenters. The Hall–Kier alpha value is -2.20. The molecule has 0 radical (unpaired) electrons. The van der Waals surface area contributed by atoms with Crippen LogP contribution in [0, 0.1) is 0 Å². The van der Waals surface area contributed by atoms with Crippen molar-refractivity contribution in [2.45, 2.75) is 13.0 Å². The summed E-state index contributed by atoms with van der Waals surface area (Å²) in [7, 11) is 0. The molecule has 0 atom stereocenters. The molecule has 2 aromatic rings. The number of benzene rings is 2. The number of nitrogens with one attached hydrogen (secondary N) is 1. The molecular weight excluding hydrogens is 254 g/mol. The van der Waals surface area contributed by atoms with E-state index in [1.54, 1.807) is 6.07 Å². The van der Waals surface area contributed by atoms with Gasteiger partial charge in [0.1, 0.15) is 5.75 Å². The summed E-state index contributed by atoms with van der Waals surface area (Å²) in [6, 6.07) is 13.8. The molecule has 20 heavy (non-hydrogen) atoms. The second kappa shape index (κ2) is 5.84. The third kappa shape index (κ3) is 2.86. The summed E-state index contributed by atoms with van der Waals surface area (Å²) < 4.78 is 10.5. The van der Waals surface area contributed by atoms with Gasteiger partial charge in [-0.15, -0.1) is 0 Å². The summed E-state index contributed by atoms with van der Waals surface area (Å²) in [6.45, 7) is 1.69. The van der Waals surface area contributed by atoms with Crippen molar-refractivity contribution in [1.82, 2.24) is 5.32 Å². The lowest BCUT2D eigenvalue weighted by molar-refractivity contribution is 0.174. The first-order valence-corrected chi connectivity index (χ1v) is 6.69. The van der Waals surface area contributed by atoms with Crippen molar-refractivity contribution in [2.24, 2.45) is 0 Å². The molecular formula is C16H17NO3. The van der Waals surface area contributed by atoms with Gasteiger partial charge in [0, 0.05) is 18.2 Å². The number of rotatable bonds is 5. The van der Waals surface area contributed by atoms with E-state index in [2.05, 4.69) is 17.4 Å². The van der Waals surface area contributed by atoms with Gasteiger partial charge in [-0.1, -0.05) is 30.3 Å². The van der Waals surface area contributed by atoms with Crippen LogP contribution in [0.25, 0.3) is 0 Å². The molecule has 104 valence electrons. The maximum absolute atomic E-state index is 9.92. The zero-order valence-corrected chi connectivity index (χ0v) is 11.1. The van der Waals surface area contributed by atoms with Crippen molar-refractivity contribution in [3.8, 4) is 17.2 Å². The first-order valence-electron chi connectivity index (χ1n) is 6.69. The van der Waals surface area contributed by atoms with Gasteiger partial charge in [-0.05, 0) is 24.6 Å². The fraction of sp³-hybridized carbons (Fsp3) is 0.250. The van der Waals surface area contributed by atoms with E-state index in [0.717, 1.165) is 18.5 Å². The second-order valence-electron chi connectivity index (χ2n) is 4.75. The van der Waals surface area contributed by atoms with E-state index in [4.69, 9.17) is 9.47 Å². The van der Waals surface area contributed by atoms with Crippen molar-refractivity contribution >= 4 is 0 Å². The molecule has 0 fully saturated rings. The number of hydrogen-bond acceptors (Lipinski definition) is 4. The maximum atomic E-state index is 9.92. The molecule has 1 heterocycles. The lowest BCUT2D eigenvalue weighted by Gasteiger charge is -2.08. The molecule has 0 spiro atoms. The summed E-state index contributed by atoms with van der Waals surface area (Å²) in [5.74, 6) is 1.54. The Labute approximate surface area is 118 Å². The van der Waals surface area contributed by atoms with Crippen LogP contribution in [0.2, 0.25) is 0 Å². The van der Waals surface area contributed by atoms with E-state index < -0.39 is 0 Å². The second-order valence-corrected chi connectivity index (χ2v) is 4.75. The Bertz CT molecular complexity index is 584. The normalized spacial score (nSPS) is 12.6. The van der Waals surface area contributed by atoms with Crippen molar-refractivity contribution in [3.05, 3.63) is 53.6 Å². The third-order valence-electron chi connectivity index (χ3n) is 3.32. The predicted molar refractivity (Wildman–Crippen MR) is 76.1 cm³/mol. The fourth-order valence-electron chi connectivity index (χ4n) is 2.22. The fourth-order valence-corrected chi connectivity index (χ4v) is 2.22. The van der Waals surface area contributed by atoms with E-state index in [-0.39, 0.29) is 12.5 Å². The Morgan fingerprint density at radius 1 is 1.05 bits per heavy atom. The number of aromatic hydroxyl groups is 1. The van der Waals surface area contributed by atoms with Gasteiger partial charge in [0.15, 0.2) is 11.5 Å². The van der Waals surface area contributed by atoms with Crippen molar-refractivity contribution in [3.63, 3.8) is 0 Å². The first-order chi connectivity index (χ1) is 9.83. The smallest absolute Gasteiger partial charge is 0.231 e. The van der Waals surface area contributed by atoms with Crippen molar-refractivity contribution < 1.29 is 14.6 Å². The van der Waals surface area contributed by atoms with Crippen LogP contribution in [0.4, 0.5) is 0 Å². The average Bonchev–Trinajstić information content (AvgIpc) is 2.91. The van der Waals surface area contributed by atoms with E-state index in [0.29, 0.717) is 18.0 Å². The maximum Gasteiger partial charge on any atom is 0.231 e. The Kier molecular flexibility index (Phi) is 3.74. The van der Waals surface area contributed by atoms with E-state index in [1.165, 1.54) is 5.56 Å². The average molecular weight is 271 g/mol. The van der Waals surface area contributed by atoms with Crippen LogP contribution in [-0.4, -0.2) is 18.4 Å². The van der Waals surface area contributed by atoms with Gasteiger partial charge < -0.3 is 19.9 Å². The van der Waals surface area contributed by atoms with Crippen LogP contribution in [0.3, 0.4) is 0 Å². The number of phenolic OH excluding ortho intramolecular Hbond substituents is 1. The van der Waals surface area contributed by atoms with Gasteiger partial charge in [-0.3, -0.25) is 0 Å². The van der Waals surface area contributed by atoms with Crippen LogP contribution in [0.1, 0.15) is 11.1 Å². The Morgan fingerprint density at radius 2 is 1.80 bits per heavy atom. The zero-order valence-electron chi connectivity index (χ0n) is 11.1. The summed E-state index contributed by atoms with van der Waals surface area (Å²) in [6.07, 6.45) is 0.964. The number of hydrogen-bond donors (Lipinski definition) is 2. The molecule has 0 aromatic heterocycles. The van der Waals surface area contributed by atoms with Crippen LogP contribution in [0.5, 0.6) is 17.2 Å². The van der Waals surface area contributed by atoms with Crippen LogP contribution < -0.4 is 14.8 Å². The van der Waals surface area contributed by atoms with E-state index in [1.807, 2.05) is 24.3 Å². The molecule has 0 saturated carbocycles. The van der Waals surface area contributed by atoms with Crippen molar-refractivity contribution in [2.75, 3.05) is 13.3 Å². The molecule has 4 nitrogen and oxygen atoms in total. The minimum Gasteiger partial charge on any atom is -0.507 e. The van der Waals surface area contributed by atoms with E-state index >= 15 is 0 Å². The Balaban J connectivity index is 1.54. The van der Waals surface area contributed by atoms with Gasteiger partial charge >= 0.3 is 0 Å². The number of fused-ring (bicyclic) bond motifs is 1. The van der Waals surface area contributed by atoms with Crippen molar-refractivity contribution in [1.29, 1.82) is 0 Å². The summed E-state index contributed by atoms with van der Waals surface area (Å²) in [4.78, 5) is 0. The molecule has 4 heteroatoms. The number of ether oxygens (including phenoxy) is 2. The monoisotopic (exact) mass is 271 g/mol. The molecule has 0 bridgehead atoms. The quantitative estimate of drug-likeness (QED) is 0.820. The Morgan fingerprint density at radius 3 is 2.60 bits per heavy atom. The van der Waals surface area contributed by atoms with Crippen LogP contribution in [-0.2, 0) is 13.0 Å². The van der Waals surface area contributed by atoms with E-state index in [9.17, 15) is 5.11 Å². The largest absolute Gasteiger partial charge is 0.507 e. The lowest BCUT2D eigenvalue weighted by atomic mass is 10.1. The minimum absolute atomic E-state index is 0.222. The molecule has 3 rings (SSSR count).